The minimum atomic E-state index is -0.759. The van der Waals surface area contributed by atoms with E-state index in [4.69, 9.17) is 11.6 Å². The second kappa shape index (κ2) is 9.31. The summed E-state index contributed by atoms with van der Waals surface area (Å²) in [7, 11) is 0. The maximum absolute atomic E-state index is 13.2. The molecule has 1 aromatic heterocycles. The average molecular weight is 441 g/mol. The van der Waals surface area contributed by atoms with Gasteiger partial charge in [0.25, 0.3) is 11.5 Å². The summed E-state index contributed by atoms with van der Waals surface area (Å²) in [6, 6.07) is 12.2. The van der Waals surface area contributed by atoms with Crippen LogP contribution in [0.2, 0.25) is 5.02 Å². The van der Waals surface area contributed by atoms with E-state index in [0.717, 1.165) is 20.4 Å². The molecule has 1 heterocycles. The molecule has 0 radical (unpaired) electrons. The van der Waals surface area contributed by atoms with Crippen LogP contribution in [0.5, 0.6) is 0 Å². The smallest absolute Gasteiger partial charge is 0.348 e. The van der Waals surface area contributed by atoms with Gasteiger partial charge in [0.15, 0.2) is 0 Å². The van der Waals surface area contributed by atoms with Gasteiger partial charge in [-0.1, -0.05) is 42.8 Å². The highest BCUT2D eigenvalue weighted by atomic mass is 35.5. The van der Waals surface area contributed by atoms with Crippen LogP contribution in [0.15, 0.2) is 52.1 Å². The van der Waals surface area contributed by atoms with Crippen molar-refractivity contribution in [2.75, 3.05) is 0 Å². The third-order valence-corrected chi connectivity index (χ3v) is 5.65. The Balaban J connectivity index is 2.23. The Hall–Kier alpha value is -3.19. The predicted octanol–water partition coefficient (Wildman–Crippen LogP) is 3.24. The van der Waals surface area contributed by atoms with Gasteiger partial charge in [0.2, 0.25) is 5.69 Å². The van der Waals surface area contributed by atoms with Gasteiger partial charge in [-0.05, 0) is 62.1 Å². The molecule has 0 bridgehead atoms. The number of rotatable bonds is 6. The molecule has 0 fully saturated rings. The fourth-order valence-electron chi connectivity index (χ4n) is 3.01. The van der Waals surface area contributed by atoms with Crippen molar-refractivity contribution in [3.63, 3.8) is 0 Å². The van der Waals surface area contributed by atoms with Gasteiger partial charge >= 0.3 is 5.69 Å². The molecule has 8 heteroatoms. The van der Waals surface area contributed by atoms with Gasteiger partial charge in [0.05, 0.1) is 12.2 Å². The van der Waals surface area contributed by atoms with Crippen LogP contribution in [0.4, 0.5) is 0 Å². The topological polar surface area (TPSA) is 86.0 Å². The van der Waals surface area contributed by atoms with Crippen LogP contribution in [-0.2, 0) is 6.54 Å². The molecule has 1 N–H and O–H groups in total. The Kier molecular flexibility index (Phi) is 6.75. The lowest BCUT2D eigenvalue weighted by atomic mass is 10.1. The lowest BCUT2D eigenvalue weighted by Crippen LogP contribution is -2.47. The van der Waals surface area contributed by atoms with Crippen molar-refractivity contribution in [1.29, 1.82) is 0 Å². The molecule has 0 aliphatic rings. The van der Waals surface area contributed by atoms with E-state index in [1.807, 2.05) is 33.8 Å². The summed E-state index contributed by atoms with van der Waals surface area (Å²) in [5.41, 5.74) is 1.33. The summed E-state index contributed by atoms with van der Waals surface area (Å²) in [5.74, 6) is -0.621. The summed E-state index contributed by atoms with van der Waals surface area (Å²) in [6.07, 6.45) is 0.691. The second-order valence-corrected chi connectivity index (χ2v) is 7.98. The second-order valence-electron chi connectivity index (χ2n) is 7.58. The standard InChI is InChI=1S/C23H25ClN4O3/c1-5-16(4)25-21(29)20-22(30)27(13-17-8-6-7-9-19(17)24)23(31)28(26-20)18-11-10-14(2)15(3)12-18/h6-12,16H,5,13H2,1-4H3,(H,25,29)/t16-/m0/s1. The van der Waals surface area contributed by atoms with E-state index in [0.29, 0.717) is 22.7 Å². The molecule has 1 amide bonds. The summed E-state index contributed by atoms with van der Waals surface area (Å²) >= 11 is 6.24. The Morgan fingerprint density at radius 3 is 2.48 bits per heavy atom. The first-order valence-electron chi connectivity index (χ1n) is 10.1. The number of carbonyl (C=O) groups excluding carboxylic acids is 1. The Labute approximate surface area is 185 Å². The number of carbonyl (C=O) groups is 1. The van der Waals surface area contributed by atoms with Crippen molar-refractivity contribution in [2.24, 2.45) is 0 Å². The molecule has 3 aromatic rings. The monoisotopic (exact) mass is 440 g/mol. The van der Waals surface area contributed by atoms with Gasteiger partial charge < -0.3 is 5.32 Å². The molecule has 0 spiro atoms. The lowest BCUT2D eigenvalue weighted by molar-refractivity contribution is 0.0929. The zero-order chi connectivity index (χ0) is 22.7. The summed E-state index contributed by atoms with van der Waals surface area (Å²) in [6.45, 7) is 7.55. The lowest BCUT2D eigenvalue weighted by Gasteiger charge is -2.15. The quantitative estimate of drug-likeness (QED) is 0.637. The van der Waals surface area contributed by atoms with Gasteiger partial charge in [-0.3, -0.25) is 14.2 Å². The largest absolute Gasteiger partial charge is 0.352 e. The Morgan fingerprint density at radius 2 is 1.84 bits per heavy atom. The minimum absolute atomic E-state index is 0.0751. The molecule has 0 aliphatic heterocycles. The van der Waals surface area contributed by atoms with Crippen LogP contribution in [0, 0.1) is 13.8 Å². The number of nitrogens with one attached hydrogen (secondary N) is 1. The number of amides is 1. The summed E-state index contributed by atoms with van der Waals surface area (Å²) < 4.78 is 2.09. The number of hydrogen-bond acceptors (Lipinski definition) is 4. The molecular weight excluding hydrogens is 416 g/mol. The van der Waals surface area contributed by atoms with Gasteiger partial charge in [-0.15, -0.1) is 0 Å². The van der Waals surface area contributed by atoms with Crippen molar-refractivity contribution in [2.45, 2.75) is 46.7 Å². The van der Waals surface area contributed by atoms with Crippen LogP contribution >= 0.6 is 11.6 Å². The van der Waals surface area contributed by atoms with E-state index in [1.54, 1.807) is 36.4 Å². The molecule has 0 unspecified atom stereocenters. The molecule has 3 rings (SSSR count). The van der Waals surface area contributed by atoms with E-state index in [2.05, 4.69) is 10.4 Å². The fourth-order valence-corrected chi connectivity index (χ4v) is 3.21. The van der Waals surface area contributed by atoms with E-state index in [9.17, 15) is 14.4 Å². The van der Waals surface area contributed by atoms with E-state index in [-0.39, 0.29) is 18.3 Å². The fraction of sp³-hybridized carbons (Fsp3) is 0.304. The molecule has 0 aliphatic carbocycles. The van der Waals surface area contributed by atoms with E-state index >= 15 is 0 Å². The van der Waals surface area contributed by atoms with Crippen molar-refractivity contribution in [3.8, 4) is 5.69 Å². The zero-order valence-corrected chi connectivity index (χ0v) is 18.7. The van der Waals surface area contributed by atoms with Crippen molar-refractivity contribution < 1.29 is 4.79 Å². The van der Waals surface area contributed by atoms with Crippen LogP contribution in [-0.4, -0.2) is 26.3 Å². The van der Waals surface area contributed by atoms with Crippen LogP contribution in [0.3, 0.4) is 0 Å². The Bertz CT molecular complexity index is 1250. The first kappa shape index (κ1) is 22.5. The average Bonchev–Trinajstić information content (AvgIpc) is 2.74. The Morgan fingerprint density at radius 1 is 1.13 bits per heavy atom. The molecule has 162 valence electrons. The van der Waals surface area contributed by atoms with Gasteiger partial charge in [0.1, 0.15) is 0 Å². The highest BCUT2D eigenvalue weighted by Crippen LogP contribution is 2.15. The zero-order valence-electron chi connectivity index (χ0n) is 18.0. The van der Waals surface area contributed by atoms with Crippen LogP contribution < -0.4 is 16.6 Å². The highest BCUT2D eigenvalue weighted by Gasteiger charge is 2.22. The van der Waals surface area contributed by atoms with Gasteiger partial charge in [0, 0.05) is 11.1 Å². The number of nitrogens with zero attached hydrogens (tertiary/aromatic N) is 3. The summed E-state index contributed by atoms with van der Waals surface area (Å²) in [5, 5.41) is 7.33. The van der Waals surface area contributed by atoms with Crippen LogP contribution in [0.25, 0.3) is 5.69 Å². The molecule has 31 heavy (non-hydrogen) atoms. The number of aromatic nitrogens is 3. The van der Waals surface area contributed by atoms with Crippen molar-refractivity contribution >= 4 is 17.5 Å². The van der Waals surface area contributed by atoms with Gasteiger partial charge in [-0.2, -0.15) is 9.78 Å². The van der Waals surface area contributed by atoms with Gasteiger partial charge in [-0.25, -0.2) is 4.79 Å². The van der Waals surface area contributed by atoms with Crippen molar-refractivity contribution in [3.05, 3.63) is 90.7 Å². The SMILES string of the molecule is CC[C@H](C)NC(=O)c1nn(-c2ccc(C)c(C)c2)c(=O)n(Cc2ccccc2Cl)c1=O. The molecule has 0 saturated carbocycles. The minimum Gasteiger partial charge on any atom is -0.348 e. The first-order valence-corrected chi connectivity index (χ1v) is 10.5. The van der Waals surface area contributed by atoms with E-state index in [1.165, 1.54) is 0 Å². The predicted molar refractivity (Wildman–Crippen MR) is 121 cm³/mol. The molecule has 1 atom stereocenters. The first-order chi connectivity index (χ1) is 14.7. The molecule has 0 saturated heterocycles. The normalized spacial score (nSPS) is 11.9. The van der Waals surface area contributed by atoms with E-state index < -0.39 is 17.2 Å². The number of aryl methyl sites for hydroxylation is 2. The molecular formula is C23H25ClN4O3. The number of hydrogen-bond donors (Lipinski definition) is 1. The number of benzene rings is 2. The maximum atomic E-state index is 13.2. The maximum Gasteiger partial charge on any atom is 0.352 e. The van der Waals surface area contributed by atoms with Crippen LogP contribution in [0.1, 0.15) is 47.4 Å². The highest BCUT2D eigenvalue weighted by molar-refractivity contribution is 6.31. The molecule has 2 aromatic carbocycles. The van der Waals surface area contributed by atoms with Crippen molar-refractivity contribution in [1.82, 2.24) is 19.7 Å². The molecule has 7 nitrogen and oxygen atoms in total. The third-order valence-electron chi connectivity index (χ3n) is 5.29. The third kappa shape index (κ3) is 4.77. The summed E-state index contributed by atoms with van der Waals surface area (Å²) in [4.78, 5) is 39.1. The number of halogens is 1.